The Kier molecular flexibility index (Phi) is 4.49. The summed E-state index contributed by atoms with van der Waals surface area (Å²) in [7, 11) is 0. The maximum atomic E-state index is 11.1. The molecular weight excluding hydrogens is 344 g/mol. The molecule has 0 amide bonds. The van der Waals surface area contributed by atoms with Crippen molar-refractivity contribution in [2.24, 2.45) is 0 Å². The molecule has 0 saturated carbocycles. The molecule has 0 fully saturated rings. The Hall–Kier alpha value is -4.16. The third-order valence-electron chi connectivity index (χ3n) is 2.91. The molecule has 2 rings (SSSR count). The van der Waals surface area contributed by atoms with Gasteiger partial charge in [0.1, 0.15) is 0 Å². The van der Waals surface area contributed by atoms with Crippen molar-refractivity contribution >= 4 is 22.7 Å². The minimum absolute atomic E-state index is 0.469. The fourth-order valence-electron chi connectivity index (χ4n) is 1.87. The first-order valence-corrected chi connectivity index (χ1v) is 6.25. The number of nitrogens with zero attached hydrogens (tertiary/aromatic N) is 4. The molecule has 0 saturated heterocycles. The number of benzene rings is 2. The molecule has 128 valence electrons. The van der Waals surface area contributed by atoms with E-state index < -0.39 is 53.9 Å². The number of hydrogen-bond donors (Lipinski definition) is 0. The molecule has 0 radical (unpaired) electrons. The third-order valence-corrected chi connectivity index (χ3v) is 2.91. The van der Waals surface area contributed by atoms with Gasteiger partial charge in [0.2, 0.25) is 5.75 Å². The molecule has 0 aromatic heterocycles. The second-order valence-corrected chi connectivity index (χ2v) is 4.41. The molecule has 0 spiro atoms. The van der Waals surface area contributed by atoms with Gasteiger partial charge >= 0.3 is 17.1 Å². The van der Waals surface area contributed by atoms with E-state index in [2.05, 4.69) is 0 Å². The third kappa shape index (κ3) is 3.44. The van der Waals surface area contributed by atoms with Crippen LogP contribution in [0.2, 0.25) is 0 Å². The molecule has 0 N–H and O–H groups in total. The van der Waals surface area contributed by atoms with Gasteiger partial charge < -0.3 is 4.74 Å². The van der Waals surface area contributed by atoms with Crippen LogP contribution in [0.3, 0.4) is 0 Å². The van der Waals surface area contributed by atoms with E-state index in [1.807, 2.05) is 0 Å². The molecule has 0 aliphatic rings. The predicted molar refractivity (Wildman–Crippen MR) is 79.6 cm³/mol. The minimum atomic E-state index is -1.12. The van der Waals surface area contributed by atoms with Crippen molar-refractivity contribution in [1.82, 2.24) is 0 Å². The molecule has 25 heavy (non-hydrogen) atoms. The lowest BCUT2D eigenvalue weighted by molar-refractivity contribution is -0.404. The Morgan fingerprint density at radius 3 is 1.60 bits per heavy atom. The summed E-state index contributed by atoms with van der Waals surface area (Å²) >= 11 is 0. The van der Waals surface area contributed by atoms with Gasteiger partial charge in [-0.3, -0.25) is 40.5 Å². The molecule has 0 aliphatic heterocycles. The number of hydrogen-bond acceptors (Lipinski definition) is 9. The molecular formula is C12H6N4O9. The SMILES string of the molecule is O=[N+]([O-])c1cc([N+](=O)[O-])c(Oc2ccccc2[N+](=O)[O-])c([N+](=O)[O-])c1. The van der Waals surface area contributed by atoms with Crippen molar-refractivity contribution in [2.75, 3.05) is 0 Å². The van der Waals surface area contributed by atoms with Gasteiger partial charge in [-0.25, -0.2) is 0 Å². The number of nitro benzene ring substituents is 4. The Morgan fingerprint density at radius 2 is 1.16 bits per heavy atom. The van der Waals surface area contributed by atoms with Gasteiger partial charge in [0.05, 0.1) is 31.8 Å². The van der Waals surface area contributed by atoms with Crippen LogP contribution in [0.15, 0.2) is 36.4 Å². The van der Waals surface area contributed by atoms with E-state index in [0.717, 1.165) is 12.1 Å². The summed E-state index contributed by atoms with van der Waals surface area (Å²) in [6.45, 7) is 0. The van der Waals surface area contributed by atoms with E-state index in [0.29, 0.717) is 12.1 Å². The summed E-state index contributed by atoms with van der Waals surface area (Å²) in [6.07, 6.45) is 0. The number of non-ortho nitro benzene ring substituents is 1. The summed E-state index contributed by atoms with van der Waals surface area (Å²) in [5.74, 6) is -1.44. The molecule has 0 bridgehead atoms. The van der Waals surface area contributed by atoms with E-state index in [9.17, 15) is 40.5 Å². The monoisotopic (exact) mass is 350 g/mol. The van der Waals surface area contributed by atoms with Crippen LogP contribution in [0.4, 0.5) is 22.7 Å². The topological polar surface area (TPSA) is 182 Å². The van der Waals surface area contributed by atoms with Crippen molar-refractivity contribution in [3.05, 3.63) is 76.9 Å². The van der Waals surface area contributed by atoms with Crippen LogP contribution in [-0.2, 0) is 0 Å². The zero-order valence-corrected chi connectivity index (χ0v) is 11.9. The van der Waals surface area contributed by atoms with Crippen LogP contribution in [0.25, 0.3) is 0 Å². The second-order valence-electron chi connectivity index (χ2n) is 4.41. The molecule has 13 nitrogen and oxygen atoms in total. The molecule has 0 atom stereocenters. The van der Waals surface area contributed by atoms with Crippen LogP contribution in [0.1, 0.15) is 0 Å². The maximum absolute atomic E-state index is 11.1. The van der Waals surface area contributed by atoms with E-state index in [1.165, 1.54) is 12.1 Å². The van der Waals surface area contributed by atoms with Crippen molar-refractivity contribution in [1.29, 1.82) is 0 Å². The fraction of sp³-hybridized carbons (Fsp3) is 0. The van der Waals surface area contributed by atoms with Crippen molar-refractivity contribution < 1.29 is 24.4 Å². The average molecular weight is 350 g/mol. The molecule has 13 heteroatoms. The van der Waals surface area contributed by atoms with E-state index >= 15 is 0 Å². The van der Waals surface area contributed by atoms with Crippen molar-refractivity contribution in [3.63, 3.8) is 0 Å². The van der Waals surface area contributed by atoms with Gasteiger partial charge in [0.25, 0.3) is 11.4 Å². The molecule has 0 heterocycles. The first-order valence-electron chi connectivity index (χ1n) is 6.25. The Morgan fingerprint density at radius 1 is 0.680 bits per heavy atom. The molecule has 0 unspecified atom stereocenters. The van der Waals surface area contributed by atoms with Crippen LogP contribution < -0.4 is 4.74 Å². The highest BCUT2D eigenvalue weighted by Crippen LogP contribution is 2.44. The zero-order chi connectivity index (χ0) is 18.7. The Labute approximate surface area is 136 Å². The highest BCUT2D eigenvalue weighted by Gasteiger charge is 2.33. The van der Waals surface area contributed by atoms with Gasteiger partial charge in [-0.05, 0) is 6.07 Å². The number of rotatable bonds is 6. The standard InChI is InChI=1S/C12H6N4O9/c17-13(18)7-5-9(15(21)22)12(10(6-7)16(23)24)25-11-4-2-1-3-8(11)14(19)20/h1-6H. The Balaban J connectivity index is 2.72. The lowest BCUT2D eigenvalue weighted by Gasteiger charge is -2.07. The first-order chi connectivity index (χ1) is 11.7. The number of nitro groups is 4. The average Bonchev–Trinajstić information content (AvgIpc) is 2.54. The lowest BCUT2D eigenvalue weighted by atomic mass is 10.2. The molecule has 2 aromatic carbocycles. The van der Waals surface area contributed by atoms with Gasteiger partial charge in [-0.2, -0.15) is 0 Å². The van der Waals surface area contributed by atoms with Crippen molar-refractivity contribution in [3.8, 4) is 11.5 Å². The summed E-state index contributed by atoms with van der Waals surface area (Å²) in [6, 6.07) is 5.65. The van der Waals surface area contributed by atoms with Gasteiger partial charge in [-0.1, -0.05) is 12.1 Å². The van der Waals surface area contributed by atoms with Crippen LogP contribution in [0, 0.1) is 40.5 Å². The van der Waals surface area contributed by atoms with E-state index in [1.54, 1.807) is 0 Å². The second kappa shape index (κ2) is 6.53. The fourth-order valence-corrected chi connectivity index (χ4v) is 1.87. The number of ether oxygens (including phenoxy) is 1. The highest BCUT2D eigenvalue weighted by molar-refractivity contribution is 5.67. The summed E-state index contributed by atoms with van der Waals surface area (Å²) in [4.78, 5) is 39.9. The highest BCUT2D eigenvalue weighted by atomic mass is 16.6. The smallest absolute Gasteiger partial charge is 0.325 e. The maximum Gasteiger partial charge on any atom is 0.325 e. The van der Waals surface area contributed by atoms with Gasteiger partial charge in [0.15, 0.2) is 0 Å². The predicted octanol–water partition coefficient (Wildman–Crippen LogP) is 3.11. The summed E-state index contributed by atoms with van der Waals surface area (Å²) in [5, 5.41) is 44.0. The van der Waals surface area contributed by atoms with E-state index in [4.69, 9.17) is 4.74 Å². The largest absolute Gasteiger partial charge is 0.437 e. The van der Waals surface area contributed by atoms with Crippen LogP contribution in [-0.4, -0.2) is 19.7 Å². The summed E-state index contributed by atoms with van der Waals surface area (Å²) < 4.78 is 5.04. The van der Waals surface area contributed by atoms with Crippen molar-refractivity contribution in [2.45, 2.75) is 0 Å². The summed E-state index contributed by atoms with van der Waals surface area (Å²) in [5.41, 5.74) is -3.63. The van der Waals surface area contributed by atoms with Gasteiger partial charge in [0, 0.05) is 6.07 Å². The zero-order valence-electron chi connectivity index (χ0n) is 11.9. The molecule has 2 aromatic rings. The van der Waals surface area contributed by atoms with E-state index in [-0.39, 0.29) is 0 Å². The van der Waals surface area contributed by atoms with Crippen LogP contribution >= 0.6 is 0 Å². The Bertz CT molecular complexity index is 876. The number of para-hydroxylation sites is 2. The first kappa shape index (κ1) is 17.2. The minimum Gasteiger partial charge on any atom is -0.437 e. The molecule has 0 aliphatic carbocycles. The quantitative estimate of drug-likeness (QED) is 0.558. The van der Waals surface area contributed by atoms with Crippen LogP contribution in [0.5, 0.6) is 11.5 Å². The van der Waals surface area contributed by atoms with Gasteiger partial charge in [-0.15, -0.1) is 0 Å². The lowest BCUT2D eigenvalue weighted by Crippen LogP contribution is -2.02. The normalized spacial score (nSPS) is 10.1.